The Morgan fingerprint density at radius 1 is 1.17 bits per heavy atom. The topological polar surface area (TPSA) is 55.2 Å². The van der Waals surface area contributed by atoms with Crippen LogP contribution in [0.3, 0.4) is 0 Å². The van der Waals surface area contributed by atoms with Gasteiger partial charge in [-0.25, -0.2) is 8.42 Å². The van der Waals surface area contributed by atoms with E-state index in [1.807, 2.05) is 36.1 Å². The van der Waals surface area contributed by atoms with Gasteiger partial charge < -0.3 is 0 Å². The first-order valence-corrected chi connectivity index (χ1v) is 10.1. The molecular formula is C18H23N3O2S. The van der Waals surface area contributed by atoms with Crippen molar-refractivity contribution >= 4 is 10.0 Å². The standard InChI is InChI=1S/C18H23N3O2S/c1-14-9-19-20(10-14)11-15-12-21(13-15)24(22,23)18-7-6-16-4-2-3-5-17(16)8-18/h6-10,15H,2-5,11-13H2,1H3. The fraction of sp³-hybridized carbons (Fsp3) is 0.500. The van der Waals surface area contributed by atoms with E-state index in [9.17, 15) is 8.42 Å². The van der Waals surface area contributed by atoms with Crippen molar-refractivity contribution in [2.24, 2.45) is 5.92 Å². The number of hydrogen-bond donors (Lipinski definition) is 0. The third-order valence-corrected chi connectivity index (χ3v) is 6.92. The van der Waals surface area contributed by atoms with Crippen molar-refractivity contribution in [1.29, 1.82) is 0 Å². The highest BCUT2D eigenvalue weighted by molar-refractivity contribution is 7.89. The minimum Gasteiger partial charge on any atom is -0.272 e. The van der Waals surface area contributed by atoms with Crippen LogP contribution in [0.15, 0.2) is 35.5 Å². The number of nitrogens with zero attached hydrogens (tertiary/aromatic N) is 3. The highest BCUT2D eigenvalue weighted by atomic mass is 32.2. The lowest BCUT2D eigenvalue weighted by atomic mass is 9.92. The molecule has 0 amide bonds. The van der Waals surface area contributed by atoms with Crippen molar-refractivity contribution in [1.82, 2.24) is 14.1 Å². The van der Waals surface area contributed by atoms with Gasteiger partial charge >= 0.3 is 0 Å². The zero-order valence-corrected chi connectivity index (χ0v) is 14.8. The van der Waals surface area contributed by atoms with E-state index in [-0.39, 0.29) is 0 Å². The summed E-state index contributed by atoms with van der Waals surface area (Å²) in [5.41, 5.74) is 3.66. The predicted molar refractivity (Wildman–Crippen MR) is 92.3 cm³/mol. The first kappa shape index (κ1) is 15.8. The monoisotopic (exact) mass is 345 g/mol. The van der Waals surface area contributed by atoms with Crippen LogP contribution in [0.1, 0.15) is 29.5 Å². The lowest BCUT2D eigenvalue weighted by molar-refractivity contribution is 0.175. The van der Waals surface area contributed by atoms with Gasteiger partial charge in [-0.05, 0) is 61.4 Å². The van der Waals surface area contributed by atoms with Crippen molar-refractivity contribution in [3.63, 3.8) is 0 Å². The molecule has 0 unspecified atom stereocenters. The second kappa shape index (κ2) is 6.01. The molecule has 1 aliphatic carbocycles. The van der Waals surface area contributed by atoms with Crippen LogP contribution in [0.25, 0.3) is 0 Å². The first-order chi connectivity index (χ1) is 11.5. The summed E-state index contributed by atoms with van der Waals surface area (Å²) in [6, 6.07) is 5.68. The van der Waals surface area contributed by atoms with E-state index in [1.165, 1.54) is 17.5 Å². The highest BCUT2D eigenvalue weighted by Crippen LogP contribution is 2.29. The molecule has 0 saturated carbocycles. The predicted octanol–water partition coefficient (Wildman–Crippen LogP) is 2.39. The second-order valence-corrected chi connectivity index (χ2v) is 9.00. The Kier molecular flexibility index (Phi) is 3.96. The van der Waals surface area contributed by atoms with Gasteiger partial charge in [0, 0.05) is 31.7 Å². The van der Waals surface area contributed by atoms with Crippen LogP contribution in [0.4, 0.5) is 0 Å². The average molecular weight is 345 g/mol. The summed E-state index contributed by atoms with van der Waals surface area (Å²) >= 11 is 0. The molecular weight excluding hydrogens is 322 g/mol. The number of aromatic nitrogens is 2. The fourth-order valence-electron chi connectivity index (χ4n) is 3.68. The molecule has 0 atom stereocenters. The SMILES string of the molecule is Cc1cnn(CC2CN(S(=O)(=O)c3ccc4c(c3)CCCC4)C2)c1. The number of rotatable bonds is 4. The highest BCUT2D eigenvalue weighted by Gasteiger charge is 2.37. The Labute approximate surface area is 143 Å². The molecule has 1 aromatic carbocycles. The smallest absolute Gasteiger partial charge is 0.243 e. The van der Waals surface area contributed by atoms with Gasteiger partial charge in [0.2, 0.25) is 10.0 Å². The first-order valence-electron chi connectivity index (χ1n) is 8.63. The van der Waals surface area contributed by atoms with E-state index in [0.29, 0.717) is 23.9 Å². The van der Waals surface area contributed by atoms with Crippen molar-refractivity contribution in [3.8, 4) is 0 Å². The molecule has 128 valence electrons. The zero-order valence-electron chi connectivity index (χ0n) is 14.0. The molecule has 1 fully saturated rings. The molecule has 2 aromatic rings. The number of sulfonamides is 1. The van der Waals surface area contributed by atoms with E-state index in [4.69, 9.17) is 0 Å². The van der Waals surface area contributed by atoms with E-state index in [2.05, 4.69) is 5.10 Å². The molecule has 4 rings (SSSR count). The molecule has 0 N–H and O–H groups in total. The normalized spacial score (nSPS) is 19.0. The van der Waals surface area contributed by atoms with Crippen LogP contribution in [-0.4, -0.2) is 35.6 Å². The molecule has 24 heavy (non-hydrogen) atoms. The van der Waals surface area contributed by atoms with Gasteiger partial charge in [-0.3, -0.25) is 4.68 Å². The van der Waals surface area contributed by atoms with Crippen molar-refractivity contribution < 1.29 is 8.42 Å². The summed E-state index contributed by atoms with van der Waals surface area (Å²) in [4.78, 5) is 0.455. The molecule has 0 spiro atoms. The van der Waals surface area contributed by atoms with E-state index in [0.717, 1.165) is 31.4 Å². The number of hydrogen-bond acceptors (Lipinski definition) is 3. The molecule has 1 aromatic heterocycles. The van der Waals surface area contributed by atoms with Crippen molar-refractivity contribution in [3.05, 3.63) is 47.3 Å². The van der Waals surface area contributed by atoms with E-state index < -0.39 is 10.0 Å². The Morgan fingerprint density at radius 2 is 1.92 bits per heavy atom. The van der Waals surface area contributed by atoms with Gasteiger partial charge in [-0.2, -0.15) is 9.40 Å². The largest absolute Gasteiger partial charge is 0.272 e. The number of benzene rings is 1. The van der Waals surface area contributed by atoms with Gasteiger partial charge in [0.05, 0.1) is 11.1 Å². The maximum absolute atomic E-state index is 12.8. The lowest BCUT2D eigenvalue weighted by Crippen LogP contribution is -2.51. The molecule has 5 nitrogen and oxygen atoms in total. The van der Waals surface area contributed by atoms with E-state index in [1.54, 1.807) is 10.4 Å². The quantitative estimate of drug-likeness (QED) is 0.855. The minimum atomic E-state index is -3.35. The van der Waals surface area contributed by atoms with Crippen LogP contribution < -0.4 is 0 Å². The van der Waals surface area contributed by atoms with Gasteiger partial charge in [0.15, 0.2) is 0 Å². The van der Waals surface area contributed by atoms with Gasteiger partial charge in [-0.1, -0.05) is 6.07 Å². The summed E-state index contributed by atoms with van der Waals surface area (Å²) in [7, 11) is -3.35. The Morgan fingerprint density at radius 3 is 2.62 bits per heavy atom. The summed E-state index contributed by atoms with van der Waals surface area (Å²) in [6.07, 6.45) is 8.27. The Bertz CT molecular complexity index is 851. The summed E-state index contributed by atoms with van der Waals surface area (Å²) in [5.74, 6) is 0.344. The maximum atomic E-state index is 12.8. The summed E-state index contributed by atoms with van der Waals surface area (Å²) in [5, 5.41) is 4.28. The molecule has 0 bridgehead atoms. The van der Waals surface area contributed by atoms with Crippen LogP contribution in [-0.2, 0) is 29.4 Å². The summed E-state index contributed by atoms with van der Waals surface area (Å²) in [6.45, 7) is 3.96. The molecule has 2 heterocycles. The van der Waals surface area contributed by atoms with Crippen LogP contribution >= 0.6 is 0 Å². The van der Waals surface area contributed by atoms with E-state index >= 15 is 0 Å². The average Bonchev–Trinajstić information content (AvgIpc) is 2.95. The van der Waals surface area contributed by atoms with Crippen molar-refractivity contribution in [2.45, 2.75) is 44.0 Å². The Hall–Kier alpha value is -1.66. The second-order valence-electron chi connectivity index (χ2n) is 7.07. The lowest BCUT2D eigenvalue weighted by Gasteiger charge is -2.38. The number of fused-ring (bicyclic) bond motifs is 1. The molecule has 1 saturated heterocycles. The molecule has 0 radical (unpaired) electrons. The van der Waals surface area contributed by atoms with Gasteiger partial charge in [0.1, 0.15) is 0 Å². The van der Waals surface area contributed by atoms with Crippen molar-refractivity contribution in [2.75, 3.05) is 13.1 Å². The number of aryl methyl sites for hydroxylation is 3. The third kappa shape index (κ3) is 2.89. The minimum absolute atomic E-state index is 0.344. The summed E-state index contributed by atoms with van der Waals surface area (Å²) < 4.78 is 29.1. The molecule has 6 heteroatoms. The van der Waals surface area contributed by atoms with Gasteiger partial charge in [-0.15, -0.1) is 0 Å². The fourth-order valence-corrected chi connectivity index (χ4v) is 5.33. The van der Waals surface area contributed by atoms with Crippen LogP contribution in [0.2, 0.25) is 0 Å². The third-order valence-electron chi connectivity index (χ3n) is 5.09. The van der Waals surface area contributed by atoms with Crippen LogP contribution in [0, 0.1) is 12.8 Å². The van der Waals surface area contributed by atoms with Crippen LogP contribution in [0.5, 0.6) is 0 Å². The Balaban J connectivity index is 1.44. The maximum Gasteiger partial charge on any atom is 0.243 e. The van der Waals surface area contributed by atoms with Gasteiger partial charge in [0.25, 0.3) is 0 Å². The zero-order chi connectivity index (χ0) is 16.7. The molecule has 2 aliphatic rings. The molecule has 1 aliphatic heterocycles.